The molecule has 0 aliphatic carbocycles. The van der Waals surface area contributed by atoms with Crippen molar-refractivity contribution in [1.82, 2.24) is 4.57 Å². The van der Waals surface area contributed by atoms with Crippen LogP contribution in [0.3, 0.4) is 0 Å². The van der Waals surface area contributed by atoms with Crippen molar-refractivity contribution in [2.45, 2.75) is 26.3 Å². The monoisotopic (exact) mass is 206 g/mol. The molecule has 1 atom stereocenters. The van der Waals surface area contributed by atoms with Crippen LogP contribution in [0.4, 0.5) is 5.69 Å². The van der Waals surface area contributed by atoms with Crippen LogP contribution >= 0.6 is 0 Å². The van der Waals surface area contributed by atoms with Crippen LogP contribution in [0.25, 0.3) is 11.1 Å². The molecule has 0 amide bonds. The molecule has 1 heterocycles. The number of rotatable bonds is 2. The van der Waals surface area contributed by atoms with Gasteiger partial charge in [0.25, 0.3) is 0 Å². The molecule has 4 nitrogen and oxygen atoms in total. The van der Waals surface area contributed by atoms with E-state index in [1.54, 1.807) is 22.8 Å². The van der Waals surface area contributed by atoms with Gasteiger partial charge in [0, 0.05) is 11.7 Å². The molecule has 0 spiro atoms. The largest absolute Gasteiger partial charge is 0.420 e. The fraction of sp³-hybridized carbons (Fsp3) is 0.364. The molecule has 0 aliphatic heterocycles. The summed E-state index contributed by atoms with van der Waals surface area (Å²) < 4.78 is 6.77. The molecule has 80 valence electrons. The summed E-state index contributed by atoms with van der Waals surface area (Å²) in [5, 5.41) is 0. The van der Waals surface area contributed by atoms with Gasteiger partial charge in [-0.3, -0.25) is 4.57 Å². The maximum absolute atomic E-state index is 11.6. The van der Waals surface area contributed by atoms with Gasteiger partial charge in [-0.2, -0.15) is 0 Å². The molecule has 1 aromatic carbocycles. The molecule has 2 N–H and O–H groups in total. The zero-order chi connectivity index (χ0) is 11.0. The first kappa shape index (κ1) is 9.83. The lowest BCUT2D eigenvalue weighted by Crippen LogP contribution is -2.17. The Hall–Kier alpha value is -1.71. The quantitative estimate of drug-likeness (QED) is 0.766. The van der Waals surface area contributed by atoms with Crippen LogP contribution in [0.2, 0.25) is 0 Å². The standard InChI is InChI=1S/C11H14N2O2/c1-3-7(2)13-9-6-8(12)4-5-10(9)15-11(13)14/h4-7H,3,12H2,1-2H3. The number of fused-ring (bicyclic) bond motifs is 1. The second kappa shape index (κ2) is 3.46. The summed E-state index contributed by atoms with van der Waals surface area (Å²) in [7, 11) is 0. The van der Waals surface area contributed by atoms with Gasteiger partial charge in [-0.25, -0.2) is 4.79 Å². The molecule has 0 fully saturated rings. The SMILES string of the molecule is CCC(C)n1c(=O)oc2ccc(N)cc21. The molecule has 1 aromatic heterocycles. The molecule has 0 aliphatic rings. The molecule has 0 bridgehead atoms. The van der Waals surface area contributed by atoms with Gasteiger partial charge in [0.05, 0.1) is 5.52 Å². The molecule has 0 radical (unpaired) electrons. The molecule has 0 saturated heterocycles. The van der Waals surface area contributed by atoms with Gasteiger partial charge in [-0.1, -0.05) is 6.92 Å². The Morgan fingerprint density at radius 3 is 2.93 bits per heavy atom. The Morgan fingerprint density at radius 1 is 1.53 bits per heavy atom. The topological polar surface area (TPSA) is 61.2 Å². The molecule has 2 aromatic rings. The summed E-state index contributed by atoms with van der Waals surface area (Å²) in [6, 6.07) is 5.35. The van der Waals surface area contributed by atoms with Crippen molar-refractivity contribution in [2.24, 2.45) is 0 Å². The molecule has 4 heteroatoms. The van der Waals surface area contributed by atoms with E-state index in [4.69, 9.17) is 10.2 Å². The van der Waals surface area contributed by atoms with E-state index in [-0.39, 0.29) is 11.8 Å². The fourth-order valence-electron chi connectivity index (χ4n) is 1.65. The number of nitrogens with two attached hydrogens (primary N) is 1. The first-order chi connectivity index (χ1) is 7.13. The molecule has 0 saturated carbocycles. The van der Waals surface area contributed by atoms with Crippen molar-refractivity contribution in [3.63, 3.8) is 0 Å². The minimum absolute atomic E-state index is 0.126. The van der Waals surface area contributed by atoms with E-state index in [2.05, 4.69) is 0 Å². The van der Waals surface area contributed by atoms with Crippen molar-refractivity contribution < 1.29 is 4.42 Å². The summed E-state index contributed by atoms with van der Waals surface area (Å²) in [6.07, 6.45) is 0.878. The Morgan fingerprint density at radius 2 is 2.27 bits per heavy atom. The number of nitrogen functional groups attached to an aromatic ring is 1. The number of anilines is 1. The highest BCUT2D eigenvalue weighted by Crippen LogP contribution is 2.20. The smallest absolute Gasteiger partial charge is 0.408 e. The van der Waals surface area contributed by atoms with Gasteiger partial charge < -0.3 is 10.2 Å². The van der Waals surface area contributed by atoms with E-state index >= 15 is 0 Å². The highest BCUT2D eigenvalue weighted by Gasteiger charge is 2.13. The van der Waals surface area contributed by atoms with Crippen LogP contribution in [0.1, 0.15) is 26.3 Å². The van der Waals surface area contributed by atoms with Crippen molar-refractivity contribution in [3.05, 3.63) is 28.7 Å². The summed E-state index contributed by atoms with van der Waals surface area (Å²) in [5.41, 5.74) is 7.69. The predicted octanol–water partition coefficient (Wildman–Crippen LogP) is 2.15. The van der Waals surface area contributed by atoms with E-state index in [0.717, 1.165) is 11.9 Å². The second-order valence-corrected chi connectivity index (χ2v) is 3.72. The van der Waals surface area contributed by atoms with Crippen molar-refractivity contribution >= 4 is 16.8 Å². The van der Waals surface area contributed by atoms with Gasteiger partial charge in [0.1, 0.15) is 0 Å². The summed E-state index contributed by atoms with van der Waals surface area (Å²) in [4.78, 5) is 11.6. The Balaban J connectivity index is 2.76. The molecular formula is C11H14N2O2. The molecule has 15 heavy (non-hydrogen) atoms. The van der Waals surface area contributed by atoms with Gasteiger partial charge in [0.15, 0.2) is 5.58 Å². The minimum Gasteiger partial charge on any atom is -0.408 e. The normalized spacial score (nSPS) is 13.2. The third kappa shape index (κ3) is 1.52. The highest BCUT2D eigenvalue weighted by atomic mass is 16.4. The maximum Gasteiger partial charge on any atom is 0.420 e. The third-order valence-electron chi connectivity index (χ3n) is 2.67. The first-order valence-electron chi connectivity index (χ1n) is 5.04. The van der Waals surface area contributed by atoms with Crippen LogP contribution in [-0.4, -0.2) is 4.57 Å². The van der Waals surface area contributed by atoms with Crippen LogP contribution in [-0.2, 0) is 0 Å². The number of nitrogens with zero attached hydrogens (tertiary/aromatic N) is 1. The predicted molar refractivity (Wildman–Crippen MR) is 59.9 cm³/mol. The molecular weight excluding hydrogens is 192 g/mol. The fourth-order valence-corrected chi connectivity index (χ4v) is 1.65. The Bertz CT molecular complexity index is 539. The van der Waals surface area contributed by atoms with Crippen molar-refractivity contribution in [3.8, 4) is 0 Å². The average molecular weight is 206 g/mol. The number of hydrogen-bond acceptors (Lipinski definition) is 3. The molecule has 1 unspecified atom stereocenters. The lowest BCUT2D eigenvalue weighted by Gasteiger charge is -2.09. The lowest BCUT2D eigenvalue weighted by molar-refractivity contribution is 0.452. The third-order valence-corrected chi connectivity index (χ3v) is 2.67. The van der Waals surface area contributed by atoms with Gasteiger partial charge in [0.2, 0.25) is 0 Å². The van der Waals surface area contributed by atoms with E-state index in [9.17, 15) is 4.79 Å². The average Bonchev–Trinajstić information content (AvgIpc) is 2.52. The van der Waals surface area contributed by atoms with Crippen LogP contribution < -0.4 is 11.5 Å². The summed E-state index contributed by atoms with van der Waals surface area (Å²) in [6.45, 7) is 4.02. The Labute approximate surface area is 87.3 Å². The minimum atomic E-state index is -0.315. The Kier molecular flexibility index (Phi) is 2.26. The van der Waals surface area contributed by atoms with Gasteiger partial charge >= 0.3 is 5.76 Å². The number of aromatic nitrogens is 1. The summed E-state index contributed by atoms with van der Waals surface area (Å²) in [5.74, 6) is -0.315. The zero-order valence-electron chi connectivity index (χ0n) is 8.86. The van der Waals surface area contributed by atoms with E-state index in [1.165, 1.54) is 0 Å². The van der Waals surface area contributed by atoms with E-state index in [1.807, 2.05) is 13.8 Å². The van der Waals surface area contributed by atoms with Crippen LogP contribution in [0, 0.1) is 0 Å². The summed E-state index contributed by atoms with van der Waals surface area (Å²) >= 11 is 0. The lowest BCUT2D eigenvalue weighted by atomic mass is 10.2. The number of oxazole rings is 1. The highest BCUT2D eigenvalue weighted by molar-refractivity contribution is 5.77. The van der Waals surface area contributed by atoms with Crippen molar-refractivity contribution in [2.75, 3.05) is 5.73 Å². The molecule has 2 rings (SSSR count). The second-order valence-electron chi connectivity index (χ2n) is 3.72. The first-order valence-corrected chi connectivity index (χ1v) is 5.04. The maximum atomic E-state index is 11.6. The van der Waals surface area contributed by atoms with E-state index in [0.29, 0.717) is 11.3 Å². The van der Waals surface area contributed by atoms with Crippen LogP contribution in [0.15, 0.2) is 27.4 Å². The zero-order valence-corrected chi connectivity index (χ0v) is 8.86. The number of benzene rings is 1. The van der Waals surface area contributed by atoms with Gasteiger partial charge in [-0.05, 0) is 31.5 Å². The van der Waals surface area contributed by atoms with Crippen LogP contribution in [0.5, 0.6) is 0 Å². The van der Waals surface area contributed by atoms with Gasteiger partial charge in [-0.15, -0.1) is 0 Å². The number of hydrogen-bond donors (Lipinski definition) is 1. The van der Waals surface area contributed by atoms with E-state index < -0.39 is 0 Å². The van der Waals surface area contributed by atoms with Crippen molar-refractivity contribution in [1.29, 1.82) is 0 Å².